The molecule has 0 radical (unpaired) electrons. The number of nitrogens with zero attached hydrogens (tertiary/aromatic N) is 1. The van der Waals surface area contributed by atoms with Crippen LogP contribution < -0.4 is 0 Å². The Hall–Kier alpha value is -3.21. The van der Waals surface area contributed by atoms with Crippen molar-refractivity contribution in [2.45, 2.75) is 25.1 Å². The van der Waals surface area contributed by atoms with E-state index in [4.69, 9.17) is 9.57 Å². The second-order valence-electron chi connectivity index (χ2n) is 7.66. The summed E-state index contributed by atoms with van der Waals surface area (Å²) in [7, 11) is 1.41. The maximum absolute atomic E-state index is 12.3. The second kappa shape index (κ2) is 7.90. The molecule has 5 rings (SSSR count). The van der Waals surface area contributed by atoms with Crippen molar-refractivity contribution in [3.8, 4) is 0 Å². The summed E-state index contributed by atoms with van der Waals surface area (Å²) in [6, 6.07) is 29.2. The normalized spacial score (nSPS) is 19.4. The molecule has 2 atom stereocenters. The lowest BCUT2D eigenvalue weighted by Crippen LogP contribution is -2.25. The van der Waals surface area contributed by atoms with Crippen LogP contribution in [0.1, 0.15) is 23.6 Å². The predicted molar refractivity (Wildman–Crippen MR) is 118 cm³/mol. The van der Waals surface area contributed by atoms with Crippen molar-refractivity contribution in [1.29, 1.82) is 0 Å². The van der Waals surface area contributed by atoms with E-state index >= 15 is 0 Å². The van der Waals surface area contributed by atoms with Gasteiger partial charge in [0.15, 0.2) is 6.10 Å². The van der Waals surface area contributed by atoms with E-state index in [0.717, 1.165) is 5.56 Å². The minimum absolute atomic E-state index is 0.0645. The Morgan fingerprint density at radius 2 is 1.53 bits per heavy atom. The number of fused-ring (bicyclic) bond motifs is 2. The third-order valence-corrected chi connectivity index (χ3v) is 5.84. The van der Waals surface area contributed by atoms with Crippen molar-refractivity contribution in [2.24, 2.45) is 0 Å². The third-order valence-electron chi connectivity index (χ3n) is 5.84. The van der Waals surface area contributed by atoms with E-state index in [9.17, 15) is 4.79 Å². The minimum atomic E-state index is -0.610. The Balaban J connectivity index is 1.67. The van der Waals surface area contributed by atoms with Gasteiger partial charge in [0.2, 0.25) is 0 Å². The molecular formula is C26H23NO3. The fourth-order valence-corrected chi connectivity index (χ4v) is 4.45. The lowest BCUT2D eigenvalue weighted by Gasteiger charge is -2.25. The zero-order valence-electron chi connectivity index (χ0n) is 16.8. The van der Waals surface area contributed by atoms with Crippen LogP contribution in [0.4, 0.5) is 0 Å². The lowest BCUT2D eigenvalue weighted by molar-refractivity contribution is -0.191. The smallest absolute Gasteiger partial charge is 0.337 e. The van der Waals surface area contributed by atoms with Gasteiger partial charge < -0.3 is 4.74 Å². The molecule has 1 aliphatic heterocycles. The first kappa shape index (κ1) is 18.8. The molecule has 150 valence electrons. The summed E-state index contributed by atoms with van der Waals surface area (Å²) in [4.78, 5) is 18.5. The van der Waals surface area contributed by atoms with Crippen LogP contribution in [0.25, 0.3) is 21.5 Å². The summed E-state index contributed by atoms with van der Waals surface area (Å²) in [5.74, 6) is -0.333. The number of carbonyl (C=O) groups is 1. The number of hydrogen-bond donors (Lipinski definition) is 0. The fourth-order valence-electron chi connectivity index (χ4n) is 4.45. The Labute approximate surface area is 175 Å². The Bertz CT molecular complexity index is 1150. The molecule has 1 saturated heterocycles. The Morgan fingerprint density at radius 3 is 2.17 bits per heavy atom. The monoisotopic (exact) mass is 397 g/mol. The molecule has 0 spiro atoms. The van der Waals surface area contributed by atoms with E-state index in [-0.39, 0.29) is 12.0 Å². The van der Waals surface area contributed by atoms with Crippen molar-refractivity contribution in [3.63, 3.8) is 0 Å². The highest BCUT2D eigenvalue weighted by Crippen LogP contribution is 2.42. The average Bonchev–Trinajstić information content (AvgIpc) is 3.20. The number of benzene rings is 4. The molecule has 0 amide bonds. The van der Waals surface area contributed by atoms with Crippen LogP contribution in [-0.2, 0) is 20.9 Å². The van der Waals surface area contributed by atoms with E-state index in [1.807, 2.05) is 23.3 Å². The number of hydrogen-bond acceptors (Lipinski definition) is 4. The molecule has 1 aliphatic rings. The first-order valence-electron chi connectivity index (χ1n) is 10.2. The fraction of sp³-hybridized carbons (Fsp3) is 0.192. The van der Waals surface area contributed by atoms with Crippen LogP contribution in [0.3, 0.4) is 0 Å². The van der Waals surface area contributed by atoms with Gasteiger partial charge in [-0.25, -0.2) is 4.79 Å². The maximum atomic E-state index is 12.3. The number of rotatable bonds is 4. The Kier molecular flexibility index (Phi) is 4.95. The molecule has 0 aliphatic carbocycles. The molecule has 4 nitrogen and oxygen atoms in total. The molecule has 0 unspecified atom stereocenters. The van der Waals surface area contributed by atoms with E-state index in [1.165, 1.54) is 34.2 Å². The van der Waals surface area contributed by atoms with Gasteiger partial charge in [-0.3, -0.25) is 4.84 Å². The molecule has 0 saturated carbocycles. The molecule has 30 heavy (non-hydrogen) atoms. The highest BCUT2D eigenvalue weighted by molar-refractivity contribution is 6.02. The number of hydroxylamine groups is 2. The number of methoxy groups -OCH3 is 1. The zero-order chi connectivity index (χ0) is 20.5. The van der Waals surface area contributed by atoms with Gasteiger partial charge in [-0.15, -0.1) is 0 Å². The summed E-state index contributed by atoms with van der Waals surface area (Å²) in [6.07, 6.45) is -0.0567. The number of esters is 1. The van der Waals surface area contributed by atoms with E-state index in [0.29, 0.717) is 13.0 Å². The molecule has 4 heteroatoms. The van der Waals surface area contributed by atoms with E-state index in [2.05, 4.69) is 66.7 Å². The van der Waals surface area contributed by atoms with Gasteiger partial charge in [0.25, 0.3) is 0 Å². The van der Waals surface area contributed by atoms with Crippen molar-refractivity contribution in [3.05, 3.63) is 96.1 Å². The topological polar surface area (TPSA) is 38.8 Å². The van der Waals surface area contributed by atoms with Crippen molar-refractivity contribution < 1.29 is 14.4 Å². The lowest BCUT2D eigenvalue weighted by atomic mass is 9.90. The average molecular weight is 397 g/mol. The molecule has 1 fully saturated rings. The Morgan fingerprint density at radius 1 is 0.933 bits per heavy atom. The number of carbonyl (C=O) groups excluding carboxylic acids is 1. The molecule has 0 aromatic heterocycles. The van der Waals surface area contributed by atoms with Crippen LogP contribution in [0.2, 0.25) is 0 Å². The van der Waals surface area contributed by atoms with Gasteiger partial charge in [-0.1, -0.05) is 78.9 Å². The highest BCUT2D eigenvalue weighted by Gasteiger charge is 2.40. The maximum Gasteiger partial charge on any atom is 0.337 e. The van der Waals surface area contributed by atoms with Gasteiger partial charge in [0, 0.05) is 13.0 Å². The summed E-state index contributed by atoms with van der Waals surface area (Å²) in [6.45, 7) is 0.594. The van der Waals surface area contributed by atoms with E-state index in [1.54, 1.807) is 0 Å². The van der Waals surface area contributed by atoms with Crippen LogP contribution >= 0.6 is 0 Å². The van der Waals surface area contributed by atoms with Gasteiger partial charge in [-0.05, 0) is 38.7 Å². The standard InChI is InChI=1S/C26H23NO3/c1-29-26(28)24-16-23(27(30-24)17-18-9-3-2-4-10-18)25-21-13-7-5-11-19(21)15-20-12-6-8-14-22(20)25/h2-15,23-24H,16-17H2,1H3/t23-,24-/m1/s1. The van der Waals surface area contributed by atoms with Crippen molar-refractivity contribution in [1.82, 2.24) is 5.06 Å². The zero-order valence-corrected chi connectivity index (χ0v) is 16.8. The third kappa shape index (κ3) is 3.34. The summed E-state index contributed by atoms with van der Waals surface area (Å²) >= 11 is 0. The van der Waals surface area contributed by atoms with Gasteiger partial charge in [0.05, 0.1) is 13.2 Å². The van der Waals surface area contributed by atoms with Crippen molar-refractivity contribution in [2.75, 3.05) is 7.11 Å². The summed E-state index contributed by atoms with van der Waals surface area (Å²) < 4.78 is 5.00. The van der Waals surface area contributed by atoms with Crippen LogP contribution in [0.15, 0.2) is 84.9 Å². The SMILES string of the molecule is COC(=O)[C@H]1C[C@H](c2c3ccccc3cc3ccccc23)N(Cc2ccccc2)O1. The molecule has 0 bridgehead atoms. The first-order valence-corrected chi connectivity index (χ1v) is 10.2. The molecule has 4 aromatic carbocycles. The van der Waals surface area contributed by atoms with Gasteiger partial charge >= 0.3 is 5.97 Å². The summed E-state index contributed by atoms with van der Waals surface area (Å²) in [5.41, 5.74) is 2.34. The van der Waals surface area contributed by atoms with Crippen molar-refractivity contribution >= 4 is 27.5 Å². The predicted octanol–water partition coefficient (Wildman–Crippen LogP) is 5.41. The molecule has 1 heterocycles. The van der Waals surface area contributed by atoms with Gasteiger partial charge in [-0.2, -0.15) is 5.06 Å². The highest BCUT2D eigenvalue weighted by atomic mass is 16.7. The quantitative estimate of drug-likeness (QED) is 0.341. The van der Waals surface area contributed by atoms with Crippen LogP contribution in [0.5, 0.6) is 0 Å². The van der Waals surface area contributed by atoms with Gasteiger partial charge in [0.1, 0.15) is 0 Å². The molecule has 4 aromatic rings. The summed E-state index contributed by atoms with van der Waals surface area (Å²) in [5, 5.41) is 6.70. The van der Waals surface area contributed by atoms with E-state index < -0.39 is 6.10 Å². The first-order chi connectivity index (χ1) is 14.7. The largest absolute Gasteiger partial charge is 0.467 e. The minimum Gasteiger partial charge on any atom is -0.467 e. The number of ether oxygens (including phenoxy) is 1. The second-order valence-corrected chi connectivity index (χ2v) is 7.66. The molecule has 0 N–H and O–H groups in total. The molecular weight excluding hydrogens is 374 g/mol. The van der Waals surface area contributed by atoms with Crippen LogP contribution in [0, 0.1) is 0 Å². The van der Waals surface area contributed by atoms with Crippen LogP contribution in [-0.4, -0.2) is 24.2 Å².